The number of carbonyl (C=O) groups is 1. The molecule has 1 aliphatic rings. The zero-order valence-electron chi connectivity index (χ0n) is 11.1. The zero-order valence-corrected chi connectivity index (χ0v) is 12.7. The predicted octanol–water partition coefficient (Wildman–Crippen LogP) is 2.57. The molecule has 21 heavy (non-hydrogen) atoms. The number of hydrogen-bond acceptors (Lipinski definition) is 6. The molecule has 0 spiro atoms. The van der Waals surface area contributed by atoms with E-state index in [1.165, 1.54) is 9.40 Å². The highest BCUT2D eigenvalue weighted by Crippen LogP contribution is 2.29. The summed E-state index contributed by atoms with van der Waals surface area (Å²) in [7, 11) is 0. The number of aromatic nitrogens is 1. The molecule has 0 aromatic carbocycles. The van der Waals surface area contributed by atoms with Crippen LogP contribution in [0.15, 0.2) is 28.1 Å². The van der Waals surface area contributed by atoms with Gasteiger partial charge in [0.1, 0.15) is 0 Å². The van der Waals surface area contributed by atoms with Gasteiger partial charge in [0.25, 0.3) is 5.91 Å². The van der Waals surface area contributed by atoms with E-state index < -0.39 is 0 Å². The lowest BCUT2D eigenvalue weighted by atomic mass is 9.99. The van der Waals surface area contributed by atoms with Crippen LogP contribution in [-0.2, 0) is 6.54 Å². The first-order valence-corrected chi connectivity index (χ1v) is 8.40. The molecule has 108 valence electrons. The van der Waals surface area contributed by atoms with E-state index in [4.69, 9.17) is 4.52 Å². The van der Waals surface area contributed by atoms with Crippen molar-refractivity contribution in [2.75, 3.05) is 13.1 Å². The molecule has 3 aromatic rings. The van der Waals surface area contributed by atoms with Gasteiger partial charge in [-0.25, -0.2) is 0 Å². The van der Waals surface area contributed by atoms with E-state index in [9.17, 15) is 4.79 Å². The highest BCUT2D eigenvalue weighted by molar-refractivity contribution is 7.26. The average molecular weight is 319 g/mol. The highest BCUT2D eigenvalue weighted by atomic mass is 32.1. The molecule has 1 amide bonds. The van der Waals surface area contributed by atoms with Gasteiger partial charge in [0.2, 0.25) is 5.76 Å². The topological polar surface area (TPSA) is 67.2 Å². The summed E-state index contributed by atoms with van der Waals surface area (Å²) in [6.07, 6.45) is 0. The Morgan fingerprint density at radius 2 is 2.33 bits per heavy atom. The van der Waals surface area contributed by atoms with E-state index in [1.807, 2.05) is 0 Å². The van der Waals surface area contributed by atoms with Crippen LogP contribution < -0.4 is 10.6 Å². The maximum absolute atomic E-state index is 12.1. The van der Waals surface area contributed by atoms with E-state index in [0.717, 1.165) is 23.7 Å². The van der Waals surface area contributed by atoms with Gasteiger partial charge in [0.15, 0.2) is 0 Å². The summed E-state index contributed by atoms with van der Waals surface area (Å²) < 4.78 is 7.67. The summed E-state index contributed by atoms with van der Waals surface area (Å²) in [6.45, 7) is 2.32. The molecule has 4 heterocycles. The van der Waals surface area contributed by atoms with Gasteiger partial charge in [0.05, 0.1) is 12.2 Å². The molecule has 4 rings (SSSR count). The van der Waals surface area contributed by atoms with Crippen LogP contribution in [0.2, 0.25) is 0 Å². The Balaban J connectivity index is 1.40. The minimum atomic E-state index is -0.210. The van der Waals surface area contributed by atoms with Crippen LogP contribution >= 0.6 is 22.7 Å². The van der Waals surface area contributed by atoms with Crippen LogP contribution in [0.3, 0.4) is 0 Å². The maximum Gasteiger partial charge on any atom is 0.290 e. The fourth-order valence-corrected chi connectivity index (χ4v) is 4.32. The molecule has 1 saturated heterocycles. The maximum atomic E-state index is 12.1. The molecule has 0 atom stereocenters. The van der Waals surface area contributed by atoms with Crippen molar-refractivity contribution in [3.05, 3.63) is 39.9 Å². The molecule has 0 radical (unpaired) electrons. The van der Waals surface area contributed by atoms with Crippen molar-refractivity contribution in [3.8, 4) is 0 Å². The van der Waals surface area contributed by atoms with Crippen molar-refractivity contribution in [2.24, 2.45) is 0 Å². The Labute approximate surface area is 128 Å². The van der Waals surface area contributed by atoms with Gasteiger partial charge in [-0.1, -0.05) is 5.16 Å². The largest absolute Gasteiger partial charge is 0.351 e. The third-order valence-corrected chi connectivity index (χ3v) is 5.66. The van der Waals surface area contributed by atoms with E-state index in [2.05, 4.69) is 33.3 Å². The minimum absolute atomic E-state index is 0.210. The van der Waals surface area contributed by atoms with Gasteiger partial charge < -0.3 is 15.2 Å². The zero-order chi connectivity index (χ0) is 14.2. The SMILES string of the molecule is O=C(NCc1cc2sccc2s1)c1cc(C2CNC2)no1. The molecule has 2 N–H and O–H groups in total. The van der Waals surface area contributed by atoms with Crippen LogP contribution in [0.1, 0.15) is 27.0 Å². The summed E-state index contributed by atoms with van der Waals surface area (Å²) in [5, 5.41) is 12.1. The number of hydrogen-bond donors (Lipinski definition) is 2. The monoisotopic (exact) mass is 319 g/mol. The summed E-state index contributed by atoms with van der Waals surface area (Å²) in [5.74, 6) is 0.451. The lowest BCUT2D eigenvalue weighted by Crippen LogP contribution is -2.40. The second kappa shape index (κ2) is 5.25. The van der Waals surface area contributed by atoms with Gasteiger partial charge in [-0.2, -0.15) is 0 Å². The lowest BCUT2D eigenvalue weighted by Gasteiger charge is -2.24. The molecule has 0 saturated carbocycles. The van der Waals surface area contributed by atoms with Gasteiger partial charge in [-0.05, 0) is 17.5 Å². The van der Waals surface area contributed by atoms with Crippen molar-refractivity contribution >= 4 is 38.0 Å². The Kier molecular flexibility index (Phi) is 3.25. The number of nitrogens with one attached hydrogen (secondary N) is 2. The molecule has 0 bridgehead atoms. The third-order valence-electron chi connectivity index (χ3n) is 3.57. The summed E-state index contributed by atoms with van der Waals surface area (Å²) >= 11 is 3.42. The van der Waals surface area contributed by atoms with Crippen LogP contribution in [0.4, 0.5) is 0 Å². The van der Waals surface area contributed by atoms with Crippen LogP contribution in [-0.4, -0.2) is 24.2 Å². The van der Waals surface area contributed by atoms with Crippen LogP contribution in [0.25, 0.3) is 9.40 Å². The fourth-order valence-electron chi connectivity index (χ4n) is 2.24. The lowest BCUT2D eigenvalue weighted by molar-refractivity contribution is 0.0914. The molecule has 0 unspecified atom stereocenters. The number of amides is 1. The number of nitrogens with zero attached hydrogens (tertiary/aromatic N) is 1. The van der Waals surface area contributed by atoms with Crippen LogP contribution in [0, 0.1) is 0 Å². The van der Waals surface area contributed by atoms with E-state index in [1.54, 1.807) is 28.7 Å². The molecule has 0 aliphatic carbocycles. The summed E-state index contributed by atoms with van der Waals surface area (Å²) in [6, 6.07) is 5.97. The number of rotatable bonds is 4. The van der Waals surface area contributed by atoms with Gasteiger partial charge in [0, 0.05) is 39.4 Å². The molecular formula is C14H13N3O2S2. The second-order valence-electron chi connectivity index (χ2n) is 5.02. The van der Waals surface area contributed by atoms with Crippen molar-refractivity contribution in [2.45, 2.75) is 12.5 Å². The van der Waals surface area contributed by atoms with Crippen molar-refractivity contribution in [3.63, 3.8) is 0 Å². The number of thiophene rings is 2. The fraction of sp³-hybridized carbons (Fsp3) is 0.286. The molecule has 3 aromatic heterocycles. The molecule has 1 fully saturated rings. The normalized spacial score (nSPS) is 15.2. The second-order valence-corrected chi connectivity index (χ2v) is 7.13. The molecular weight excluding hydrogens is 306 g/mol. The number of carbonyl (C=O) groups excluding carboxylic acids is 1. The predicted molar refractivity (Wildman–Crippen MR) is 83.0 cm³/mol. The highest BCUT2D eigenvalue weighted by Gasteiger charge is 2.24. The first-order chi connectivity index (χ1) is 10.3. The smallest absolute Gasteiger partial charge is 0.290 e. The Bertz CT molecular complexity index is 756. The van der Waals surface area contributed by atoms with Crippen LogP contribution in [0.5, 0.6) is 0 Å². The number of fused-ring (bicyclic) bond motifs is 1. The Hall–Kier alpha value is -1.70. The van der Waals surface area contributed by atoms with Gasteiger partial charge in [-0.3, -0.25) is 4.79 Å². The first kappa shape index (κ1) is 13.0. The van der Waals surface area contributed by atoms with Crippen molar-refractivity contribution in [1.29, 1.82) is 0 Å². The Morgan fingerprint density at radius 3 is 3.10 bits per heavy atom. The first-order valence-electron chi connectivity index (χ1n) is 6.71. The average Bonchev–Trinajstić information content (AvgIpc) is 3.08. The summed E-state index contributed by atoms with van der Waals surface area (Å²) in [4.78, 5) is 13.2. The molecule has 5 nitrogen and oxygen atoms in total. The quantitative estimate of drug-likeness (QED) is 0.775. The summed E-state index contributed by atoms with van der Waals surface area (Å²) in [5.41, 5.74) is 0.857. The van der Waals surface area contributed by atoms with E-state index >= 15 is 0 Å². The molecule has 1 aliphatic heterocycles. The van der Waals surface area contributed by atoms with Gasteiger partial charge in [-0.15, -0.1) is 22.7 Å². The standard InChI is InChI=1S/C14H13N3O2S2/c18-14(11-4-10(17-19-11)8-5-15-6-8)16-7-9-3-13-12(21-9)1-2-20-13/h1-4,8,15H,5-7H2,(H,16,18). The molecule has 7 heteroatoms. The Morgan fingerprint density at radius 1 is 1.43 bits per heavy atom. The third kappa shape index (κ3) is 2.48. The van der Waals surface area contributed by atoms with Gasteiger partial charge >= 0.3 is 0 Å². The van der Waals surface area contributed by atoms with Crippen molar-refractivity contribution in [1.82, 2.24) is 15.8 Å². The van der Waals surface area contributed by atoms with Crippen molar-refractivity contribution < 1.29 is 9.32 Å². The minimum Gasteiger partial charge on any atom is -0.351 e. The van der Waals surface area contributed by atoms with E-state index in [0.29, 0.717) is 12.5 Å². The van der Waals surface area contributed by atoms with E-state index in [-0.39, 0.29) is 11.7 Å².